The van der Waals surface area contributed by atoms with Crippen LogP contribution in [0.5, 0.6) is 0 Å². The summed E-state index contributed by atoms with van der Waals surface area (Å²) in [6.45, 7) is 3.21. The van der Waals surface area contributed by atoms with Crippen molar-refractivity contribution in [3.8, 4) is 0 Å². The summed E-state index contributed by atoms with van der Waals surface area (Å²) in [7, 11) is 0. The van der Waals surface area contributed by atoms with Crippen molar-refractivity contribution in [3.63, 3.8) is 0 Å². The third-order valence-corrected chi connectivity index (χ3v) is 2.14. The molecular weight excluding hydrogens is 267 g/mol. The summed E-state index contributed by atoms with van der Waals surface area (Å²) >= 11 is 0. The molecule has 0 bridgehead atoms. The van der Waals surface area contributed by atoms with Gasteiger partial charge in [0.2, 0.25) is 0 Å². The van der Waals surface area contributed by atoms with E-state index >= 15 is 0 Å². The molecule has 19 heavy (non-hydrogen) atoms. The van der Waals surface area contributed by atoms with E-state index in [0.29, 0.717) is 6.29 Å². The number of nitrogens with zero attached hydrogens (tertiary/aromatic N) is 1. The molecule has 0 saturated heterocycles. The van der Waals surface area contributed by atoms with Gasteiger partial charge in [0.15, 0.2) is 0 Å². The first-order valence-electron chi connectivity index (χ1n) is 5.49. The van der Waals surface area contributed by atoms with Gasteiger partial charge in [-0.1, -0.05) is 0 Å². The fourth-order valence-corrected chi connectivity index (χ4v) is 1.47. The molecule has 0 aromatic rings. The second-order valence-electron chi connectivity index (χ2n) is 4.88. The lowest BCUT2D eigenvalue weighted by atomic mass is 10.0. The molecule has 6 nitrogen and oxygen atoms in total. The van der Waals surface area contributed by atoms with Crippen LogP contribution in [0.15, 0.2) is 0 Å². The Kier molecular flexibility index (Phi) is 6.23. The topological polar surface area (TPSA) is 81.7 Å². The molecule has 0 heterocycles. The van der Waals surface area contributed by atoms with Crippen LogP contribution in [-0.4, -0.2) is 53.2 Å². The number of hydrogen-bond acceptors (Lipinski definition) is 4. The number of rotatable bonds is 6. The molecule has 0 radical (unpaired) electrons. The quantitative estimate of drug-likeness (QED) is 0.385. The molecule has 1 amide bonds. The standard InChI is InChI=1S/C10H18F3N3O3/c1-9(2,3)16(8(18)19)7(5-17)4-14-15-6-10(11,12)13/h5,7,14-15H,4,6H2,1-3H3,(H,18,19). The number of halogens is 3. The first-order chi connectivity index (χ1) is 8.49. The number of amides is 1. The second-order valence-corrected chi connectivity index (χ2v) is 4.88. The Hall–Kier alpha value is -1.35. The van der Waals surface area contributed by atoms with Gasteiger partial charge in [-0.25, -0.2) is 10.2 Å². The molecule has 0 aliphatic rings. The van der Waals surface area contributed by atoms with E-state index in [2.05, 4.69) is 5.43 Å². The van der Waals surface area contributed by atoms with Crippen molar-refractivity contribution in [2.45, 2.75) is 38.5 Å². The van der Waals surface area contributed by atoms with Gasteiger partial charge in [0, 0.05) is 12.1 Å². The maximum absolute atomic E-state index is 11.9. The van der Waals surface area contributed by atoms with E-state index in [1.54, 1.807) is 20.8 Å². The first-order valence-corrected chi connectivity index (χ1v) is 5.49. The highest BCUT2D eigenvalue weighted by Gasteiger charge is 2.33. The minimum absolute atomic E-state index is 0.261. The molecule has 0 aromatic carbocycles. The zero-order valence-corrected chi connectivity index (χ0v) is 10.9. The molecule has 0 spiro atoms. The van der Waals surface area contributed by atoms with Gasteiger partial charge in [0.25, 0.3) is 0 Å². The predicted molar refractivity (Wildman–Crippen MR) is 61.5 cm³/mol. The van der Waals surface area contributed by atoms with Crippen LogP contribution in [0.25, 0.3) is 0 Å². The highest BCUT2D eigenvalue weighted by Crippen LogP contribution is 2.16. The molecule has 1 atom stereocenters. The molecule has 0 aliphatic carbocycles. The highest BCUT2D eigenvalue weighted by atomic mass is 19.4. The number of aldehydes is 1. The van der Waals surface area contributed by atoms with Gasteiger partial charge < -0.3 is 9.90 Å². The lowest BCUT2D eigenvalue weighted by Gasteiger charge is -2.37. The molecule has 1 unspecified atom stereocenters. The van der Waals surface area contributed by atoms with E-state index < -0.39 is 30.4 Å². The summed E-state index contributed by atoms with van der Waals surface area (Å²) in [6, 6.07) is -1.08. The number of alkyl halides is 3. The average molecular weight is 285 g/mol. The zero-order chi connectivity index (χ0) is 15.3. The smallest absolute Gasteiger partial charge is 0.408 e. The molecule has 3 N–H and O–H groups in total. The lowest BCUT2D eigenvalue weighted by molar-refractivity contribution is -0.127. The van der Waals surface area contributed by atoms with Crippen molar-refractivity contribution >= 4 is 12.4 Å². The van der Waals surface area contributed by atoms with Crippen LogP contribution in [0.3, 0.4) is 0 Å². The lowest BCUT2D eigenvalue weighted by Crippen LogP contribution is -2.56. The van der Waals surface area contributed by atoms with Crippen LogP contribution in [0.4, 0.5) is 18.0 Å². The van der Waals surface area contributed by atoms with Crippen LogP contribution in [0, 0.1) is 0 Å². The number of hydrogen-bond donors (Lipinski definition) is 3. The van der Waals surface area contributed by atoms with Crippen molar-refractivity contribution in [2.24, 2.45) is 0 Å². The molecule has 9 heteroatoms. The minimum Gasteiger partial charge on any atom is -0.465 e. The Balaban J connectivity index is 4.48. The van der Waals surface area contributed by atoms with Crippen LogP contribution in [-0.2, 0) is 4.79 Å². The molecule has 0 fully saturated rings. The van der Waals surface area contributed by atoms with Crippen LogP contribution < -0.4 is 10.9 Å². The molecule has 112 valence electrons. The van der Waals surface area contributed by atoms with Crippen molar-refractivity contribution in [3.05, 3.63) is 0 Å². The summed E-state index contributed by atoms with van der Waals surface area (Å²) in [4.78, 5) is 22.8. The average Bonchev–Trinajstić information content (AvgIpc) is 2.18. The SMILES string of the molecule is CC(C)(C)N(C(=O)O)C(C=O)CNNCC(F)(F)F. The second kappa shape index (κ2) is 6.71. The summed E-state index contributed by atoms with van der Waals surface area (Å²) in [5.41, 5.74) is 3.23. The number of nitrogens with one attached hydrogen (secondary N) is 2. The Bertz CT molecular complexity index is 315. The van der Waals surface area contributed by atoms with Gasteiger partial charge >= 0.3 is 12.3 Å². The van der Waals surface area contributed by atoms with Crippen molar-refractivity contribution in [2.75, 3.05) is 13.1 Å². The Labute approximate surface area is 108 Å². The largest absolute Gasteiger partial charge is 0.465 e. The van der Waals surface area contributed by atoms with E-state index in [1.165, 1.54) is 0 Å². The van der Waals surface area contributed by atoms with Gasteiger partial charge in [0.05, 0.1) is 0 Å². The summed E-state index contributed by atoms with van der Waals surface area (Å²) in [6.07, 6.45) is -5.33. The number of carbonyl (C=O) groups excluding carboxylic acids is 1. The number of hydrazine groups is 1. The van der Waals surface area contributed by atoms with E-state index in [-0.39, 0.29) is 6.54 Å². The normalized spacial score (nSPS) is 14.0. The fourth-order valence-electron chi connectivity index (χ4n) is 1.47. The van der Waals surface area contributed by atoms with Gasteiger partial charge in [-0.15, -0.1) is 0 Å². The maximum Gasteiger partial charge on any atom is 0.408 e. The monoisotopic (exact) mass is 285 g/mol. The van der Waals surface area contributed by atoms with Gasteiger partial charge in [-0.2, -0.15) is 13.2 Å². The fraction of sp³-hybridized carbons (Fsp3) is 0.800. The van der Waals surface area contributed by atoms with E-state index in [1.807, 2.05) is 5.43 Å². The van der Waals surface area contributed by atoms with Crippen molar-refractivity contribution in [1.82, 2.24) is 15.8 Å². The summed E-state index contributed by atoms with van der Waals surface area (Å²) < 4.78 is 35.6. The van der Waals surface area contributed by atoms with Gasteiger partial charge in [-0.3, -0.25) is 10.3 Å². The van der Waals surface area contributed by atoms with Gasteiger partial charge in [-0.05, 0) is 20.8 Å². The Morgan fingerprint density at radius 2 is 1.84 bits per heavy atom. The minimum atomic E-state index is -4.39. The summed E-state index contributed by atoms with van der Waals surface area (Å²) in [5.74, 6) is 0. The third-order valence-electron chi connectivity index (χ3n) is 2.14. The Morgan fingerprint density at radius 3 is 2.16 bits per heavy atom. The molecule has 0 aliphatic heterocycles. The predicted octanol–water partition coefficient (Wildman–Crippen LogP) is 0.989. The van der Waals surface area contributed by atoms with E-state index in [9.17, 15) is 22.8 Å². The molecule has 0 rings (SSSR count). The number of carboxylic acid groups (broad SMARTS) is 1. The maximum atomic E-state index is 11.9. The number of carbonyl (C=O) groups is 2. The van der Waals surface area contributed by atoms with E-state index in [4.69, 9.17) is 5.11 Å². The molecular formula is C10H18F3N3O3. The zero-order valence-electron chi connectivity index (χ0n) is 10.9. The van der Waals surface area contributed by atoms with E-state index in [0.717, 1.165) is 4.90 Å². The first kappa shape index (κ1) is 17.6. The molecule has 0 aromatic heterocycles. The van der Waals surface area contributed by atoms with Crippen molar-refractivity contribution in [1.29, 1.82) is 0 Å². The van der Waals surface area contributed by atoms with Crippen LogP contribution in [0.2, 0.25) is 0 Å². The molecule has 0 saturated carbocycles. The third kappa shape index (κ3) is 6.97. The summed E-state index contributed by atoms with van der Waals surface area (Å²) in [5, 5.41) is 9.04. The van der Waals surface area contributed by atoms with Gasteiger partial charge in [0.1, 0.15) is 18.9 Å². The van der Waals surface area contributed by atoms with Crippen LogP contribution in [0.1, 0.15) is 20.8 Å². The van der Waals surface area contributed by atoms with Crippen LogP contribution >= 0.6 is 0 Å². The Morgan fingerprint density at radius 1 is 1.32 bits per heavy atom. The van der Waals surface area contributed by atoms with Crippen molar-refractivity contribution < 1.29 is 27.9 Å². The highest BCUT2D eigenvalue weighted by molar-refractivity contribution is 5.72.